The summed E-state index contributed by atoms with van der Waals surface area (Å²) < 4.78 is 17.6. The van der Waals surface area contributed by atoms with E-state index in [1.54, 1.807) is 0 Å². The van der Waals surface area contributed by atoms with Crippen molar-refractivity contribution in [3.63, 3.8) is 0 Å². The number of carbonyl (C=O) groups excluding carboxylic acids is 1. The molecule has 1 amide bonds. The van der Waals surface area contributed by atoms with Crippen molar-refractivity contribution < 1.29 is 19.0 Å². The summed E-state index contributed by atoms with van der Waals surface area (Å²) in [6.07, 6.45) is 1.66. The summed E-state index contributed by atoms with van der Waals surface area (Å²) in [4.78, 5) is 17.6. The molecule has 1 fully saturated rings. The van der Waals surface area contributed by atoms with E-state index in [4.69, 9.17) is 14.2 Å². The first-order chi connectivity index (χ1) is 16.7. The highest BCUT2D eigenvalue weighted by Gasteiger charge is 2.39. The average molecular weight is 457 g/mol. The second-order valence-electron chi connectivity index (χ2n) is 9.16. The van der Waals surface area contributed by atoms with Gasteiger partial charge in [0.2, 0.25) is 6.79 Å². The zero-order chi connectivity index (χ0) is 22.9. The predicted octanol–water partition coefficient (Wildman–Crippen LogP) is 4.75. The number of ether oxygens (including phenoxy) is 3. The van der Waals surface area contributed by atoms with Crippen LogP contribution in [0.25, 0.3) is 0 Å². The zero-order valence-electron chi connectivity index (χ0n) is 19.1. The number of benzene rings is 3. The van der Waals surface area contributed by atoms with Crippen LogP contribution in [0.1, 0.15) is 46.1 Å². The number of piperidine rings is 1. The molecule has 0 aromatic heterocycles. The van der Waals surface area contributed by atoms with Crippen molar-refractivity contribution in [2.75, 3.05) is 19.9 Å². The lowest BCUT2D eigenvalue weighted by atomic mass is 10.1. The third-order valence-electron chi connectivity index (χ3n) is 6.90. The van der Waals surface area contributed by atoms with Crippen LogP contribution in [0.4, 0.5) is 0 Å². The summed E-state index contributed by atoms with van der Waals surface area (Å²) in [5.74, 6) is 1.49. The Morgan fingerprint density at radius 2 is 1.59 bits per heavy atom. The van der Waals surface area contributed by atoms with E-state index >= 15 is 0 Å². The minimum absolute atomic E-state index is 0.0137. The van der Waals surface area contributed by atoms with Crippen molar-refractivity contribution in [1.29, 1.82) is 0 Å². The number of fused-ring (bicyclic) bond motifs is 2. The molecule has 6 rings (SSSR count). The number of hydrogen-bond donors (Lipinski definition) is 0. The Hall–Kier alpha value is -3.35. The molecule has 0 aliphatic carbocycles. The maximum Gasteiger partial charge on any atom is 0.256 e. The van der Waals surface area contributed by atoms with Gasteiger partial charge in [0.15, 0.2) is 17.7 Å². The van der Waals surface area contributed by atoms with E-state index in [1.807, 2.05) is 47.4 Å². The van der Waals surface area contributed by atoms with Crippen molar-refractivity contribution in [2.24, 2.45) is 0 Å². The van der Waals surface area contributed by atoms with Crippen molar-refractivity contribution >= 4 is 5.91 Å². The fourth-order valence-electron chi connectivity index (χ4n) is 5.10. The highest BCUT2D eigenvalue weighted by atomic mass is 16.7. The smallest absolute Gasteiger partial charge is 0.256 e. The molecule has 3 aliphatic heterocycles. The maximum atomic E-state index is 13.3. The highest BCUT2D eigenvalue weighted by molar-refractivity contribution is 5.98. The Labute approximate surface area is 199 Å². The van der Waals surface area contributed by atoms with E-state index in [9.17, 15) is 4.79 Å². The fourth-order valence-corrected chi connectivity index (χ4v) is 5.10. The first kappa shape index (κ1) is 21.2. The summed E-state index contributed by atoms with van der Waals surface area (Å²) >= 11 is 0. The van der Waals surface area contributed by atoms with Crippen molar-refractivity contribution in [1.82, 2.24) is 9.80 Å². The minimum atomic E-state index is -0.375. The standard InChI is InChI=1S/C28H28N2O4/c31-27-23-8-4-5-9-24(23)28(30(27)18-21-10-11-25-26(16-21)33-19-32-25)34-22-12-14-29(15-13-22)17-20-6-2-1-3-7-20/h1-11,16,22,28H,12-15,17-19H2/t28-/m1/s1. The molecule has 3 aliphatic rings. The van der Waals surface area contributed by atoms with E-state index in [0.29, 0.717) is 6.54 Å². The summed E-state index contributed by atoms with van der Waals surface area (Å²) in [5.41, 5.74) is 4.03. The Kier molecular flexibility index (Phi) is 5.69. The summed E-state index contributed by atoms with van der Waals surface area (Å²) in [5, 5.41) is 0. The van der Waals surface area contributed by atoms with Gasteiger partial charge < -0.3 is 19.1 Å². The monoisotopic (exact) mass is 456 g/mol. The van der Waals surface area contributed by atoms with Gasteiger partial charge in [-0.05, 0) is 42.2 Å². The molecule has 0 spiro atoms. The molecule has 6 heteroatoms. The molecule has 0 N–H and O–H groups in total. The van der Waals surface area contributed by atoms with E-state index in [0.717, 1.165) is 60.7 Å². The van der Waals surface area contributed by atoms with Gasteiger partial charge in [-0.15, -0.1) is 0 Å². The lowest BCUT2D eigenvalue weighted by Gasteiger charge is -2.35. The maximum absolute atomic E-state index is 13.3. The minimum Gasteiger partial charge on any atom is -0.454 e. The van der Waals surface area contributed by atoms with E-state index in [2.05, 4.69) is 35.2 Å². The number of nitrogens with zero attached hydrogens (tertiary/aromatic N) is 2. The summed E-state index contributed by atoms with van der Waals surface area (Å²) in [6, 6.07) is 24.3. The van der Waals surface area contributed by atoms with Crippen molar-refractivity contribution in [3.05, 3.63) is 95.1 Å². The lowest BCUT2D eigenvalue weighted by Crippen LogP contribution is -2.39. The molecule has 3 aromatic carbocycles. The van der Waals surface area contributed by atoms with E-state index < -0.39 is 0 Å². The fraction of sp³-hybridized carbons (Fsp3) is 0.321. The molecule has 6 nitrogen and oxygen atoms in total. The quantitative estimate of drug-likeness (QED) is 0.536. The van der Waals surface area contributed by atoms with Crippen LogP contribution in [0.2, 0.25) is 0 Å². The number of hydrogen-bond acceptors (Lipinski definition) is 5. The number of likely N-dealkylation sites (tertiary alicyclic amines) is 1. The average Bonchev–Trinajstić information content (AvgIpc) is 3.44. The van der Waals surface area contributed by atoms with Crippen LogP contribution in [0, 0.1) is 0 Å². The van der Waals surface area contributed by atoms with Crippen LogP contribution < -0.4 is 9.47 Å². The molecule has 1 atom stereocenters. The van der Waals surface area contributed by atoms with Crippen LogP contribution in [-0.2, 0) is 17.8 Å². The van der Waals surface area contributed by atoms with Gasteiger partial charge in [0, 0.05) is 37.3 Å². The first-order valence-corrected chi connectivity index (χ1v) is 11.9. The highest BCUT2D eigenvalue weighted by Crippen LogP contribution is 2.39. The molecular formula is C28H28N2O4. The molecular weight excluding hydrogens is 428 g/mol. The van der Waals surface area contributed by atoms with Gasteiger partial charge in [-0.3, -0.25) is 9.69 Å². The largest absolute Gasteiger partial charge is 0.454 e. The van der Waals surface area contributed by atoms with Gasteiger partial charge in [0.05, 0.1) is 6.10 Å². The van der Waals surface area contributed by atoms with Crippen LogP contribution in [0.5, 0.6) is 11.5 Å². The van der Waals surface area contributed by atoms with Crippen LogP contribution in [0.15, 0.2) is 72.8 Å². The molecule has 0 unspecified atom stereocenters. The molecule has 174 valence electrons. The summed E-state index contributed by atoms with van der Waals surface area (Å²) in [7, 11) is 0. The van der Waals surface area contributed by atoms with Gasteiger partial charge in [0.25, 0.3) is 5.91 Å². The molecule has 34 heavy (non-hydrogen) atoms. The molecule has 0 bridgehead atoms. The first-order valence-electron chi connectivity index (χ1n) is 11.9. The molecule has 0 radical (unpaired) electrons. The van der Waals surface area contributed by atoms with Crippen LogP contribution in [-0.4, -0.2) is 41.7 Å². The van der Waals surface area contributed by atoms with E-state index in [-0.39, 0.29) is 25.0 Å². The Morgan fingerprint density at radius 3 is 2.44 bits per heavy atom. The Morgan fingerprint density at radius 1 is 0.824 bits per heavy atom. The third kappa shape index (κ3) is 4.15. The Bertz CT molecular complexity index is 1170. The second-order valence-corrected chi connectivity index (χ2v) is 9.16. The third-order valence-corrected chi connectivity index (χ3v) is 6.90. The molecule has 1 saturated heterocycles. The molecule has 0 saturated carbocycles. The van der Waals surface area contributed by atoms with Gasteiger partial charge in [-0.2, -0.15) is 0 Å². The Balaban J connectivity index is 1.16. The van der Waals surface area contributed by atoms with Gasteiger partial charge >= 0.3 is 0 Å². The topological polar surface area (TPSA) is 51.2 Å². The van der Waals surface area contributed by atoms with Gasteiger partial charge in [0.1, 0.15) is 0 Å². The number of amides is 1. The van der Waals surface area contributed by atoms with E-state index in [1.165, 1.54) is 5.56 Å². The second kappa shape index (κ2) is 9.12. The lowest BCUT2D eigenvalue weighted by molar-refractivity contribution is -0.102. The zero-order valence-corrected chi connectivity index (χ0v) is 19.1. The van der Waals surface area contributed by atoms with Crippen molar-refractivity contribution in [3.8, 4) is 11.5 Å². The SMILES string of the molecule is O=C1c2ccccc2[C@@H](OC2CCN(Cc3ccccc3)CC2)N1Cc1ccc2c(c1)OCO2. The summed E-state index contributed by atoms with van der Waals surface area (Å²) in [6.45, 7) is 3.64. The number of rotatable bonds is 6. The predicted molar refractivity (Wildman–Crippen MR) is 127 cm³/mol. The van der Waals surface area contributed by atoms with Crippen molar-refractivity contribution in [2.45, 2.75) is 38.3 Å². The molecule has 3 aromatic rings. The normalized spacial score (nSPS) is 20.1. The number of carbonyl (C=O) groups is 1. The van der Waals surface area contributed by atoms with Crippen LogP contribution >= 0.6 is 0 Å². The van der Waals surface area contributed by atoms with Gasteiger partial charge in [-0.25, -0.2) is 0 Å². The van der Waals surface area contributed by atoms with Gasteiger partial charge in [-0.1, -0.05) is 54.6 Å². The molecule has 3 heterocycles. The van der Waals surface area contributed by atoms with Crippen LogP contribution in [0.3, 0.4) is 0 Å².